The van der Waals surface area contributed by atoms with Crippen molar-refractivity contribution in [1.82, 2.24) is 0 Å². The summed E-state index contributed by atoms with van der Waals surface area (Å²) in [6, 6.07) is 50.3. The molecule has 648 valence electrons. The van der Waals surface area contributed by atoms with E-state index < -0.39 is 51.1 Å². The van der Waals surface area contributed by atoms with E-state index in [0.717, 1.165) is 115 Å². The van der Waals surface area contributed by atoms with Gasteiger partial charge in [-0.05, 0) is 248 Å². The van der Waals surface area contributed by atoms with Crippen LogP contribution in [0.15, 0.2) is 182 Å². The number of fused-ring (bicyclic) bond motifs is 2. The Morgan fingerprint density at radius 1 is 0.425 bits per heavy atom. The number of carbonyl (C=O) groups is 2. The molecule has 10 rings (SSSR count). The van der Waals surface area contributed by atoms with E-state index in [0.29, 0.717) is 23.2 Å². The van der Waals surface area contributed by atoms with Crippen LogP contribution in [0.4, 0.5) is 49.1 Å². The Hall–Kier alpha value is -8.57. The van der Waals surface area contributed by atoms with Crippen LogP contribution in [-0.4, -0.2) is 157 Å². The molecule has 0 atom stereocenters. The summed E-state index contributed by atoms with van der Waals surface area (Å²) in [4.78, 5) is 41.4. The smallest absolute Gasteiger partial charge is 1.00 e. The topological polar surface area (TPSA) is 258 Å². The van der Waals surface area contributed by atoms with Gasteiger partial charge in [-0.3, -0.25) is 0 Å². The fourth-order valence-corrected chi connectivity index (χ4v) is 18.0. The molecule has 0 aliphatic heterocycles. The van der Waals surface area contributed by atoms with Gasteiger partial charge in [0.15, 0.2) is 32.1 Å². The second-order valence-corrected chi connectivity index (χ2v) is 36.0. The number of allylic oxidation sites excluding steroid dienone is 6. The summed E-state index contributed by atoms with van der Waals surface area (Å²) < 4.78 is 163. The van der Waals surface area contributed by atoms with Crippen LogP contribution in [0.3, 0.4) is 0 Å². The quantitative estimate of drug-likeness (QED) is 0.0222. The van der Waals surface area contributed by atoms with E-state index in [1.165, 1.54) is 101 Å². The van der Waals surface area contributed by atoms with E-state index in [-0.39, 0.29) is 67.9 Å². The third-order valence-corrected chi connectivity index (χ3v) is 25.4. The van der Waals surface area contributed by atoms with Crippen LogP contribution in [0.25, 0.3) is 30.5 Å². The Kier molecular flexibility index (Phi) is 38.2. The molecule has 0 spiro atoms. The van der Waals surface area contributed by atoms with Crippen molar-refractivity contribution in [3.8, 4) is 0 Å². The predicted molar refractivity (Wildman–Crippen MR) is 463 cm³/mol. The van der Waals surface area contributed by atoms with Gasteiger partial charge in [-0.25, -0.2) is 53.2 Å². The summed E-state index contributed by atoms with van der Waals surface area (Å²) in [5.74, 6) is -0.564. The summed E-state index contributed by atoms with van der Waals surface area (Å²) in [5, 5.41) is 0. The van der Waals surface area contributed by atoms with E-state index >= 15 is 0 Å². The van der Waals surface area contributed by atoms with E-state index in [1.807, 2.05) is 0 Å². The molecular formula is C88H110ClF6LiN8O12S4. The number of rotatable bonds is 26. The van der Waals surface area contributed by atoms with Crippen LogP contribution in [0.2, 0.25) is 0 Å². The number of benzene rings is 6. The van der Waals surface area contributed by atoms with Crippen molar-refractivity contribution in [3.05, 3.63) is 246 Å². The van der Waals surface area contributed by atoms with Crippen LogP contribution in [0.5, 0.6) is 0 Å². The van der Waals surface area contributed by atoms with Crippen molar-refractivity contribution in [1.29, 1.82) is 0 Å². The maximum absolute atomic E-state index is 12.0. The van der Waals surface area contributed by atoms with Crippen molar-refractivity contribution in [2.24, 2.45) is 0 Å². The molecule has 6 aromatic carbocycles. The monoisotopic (exact) mass is 1750 g/mol. The zero-order valence-electron chi connectivity index (χ0n) is 70.9. The second kappa shape index (κ2) is 45.0. The van der Waals surface area contributed by atoms with Gasteiger partial charge in [-0.1, -0.05) is 86.0 Å². The standard InChI is InChI=1S/2C42H51N3O2.2C2H3F3NO4S2.ClH.Li/c2*1-8-44(9-2)33-20-16-31(17-21-33)41(36-25-22-34(28-30(36)7)45(10-3)11-4)39-26-27-40(38-15-13-12-14-37(38)39)43-32-18-23-35(24-19-32)47-42(46)29(5)6;2*1-11(7,8)6-12(9,10)2(3,4)5;;/h2*12-17,20-22,25-28,32,35H,5,8-11,18-19,23-24H2,1-4,6-7H3;2*1H3;1H;/q;;2*-1;;+1/p+1. The maximum Gasteiger partial charge on any atom is 1.00 e. The number of nitrogens with zero attached hydrogens (tertiary/aromatic N) is 6. The Morgan fingerprint density at radius 2 is 0.692 bits per heavy atom. The molecule has 4 aliphatic rings. The van der Waals surface area contributed by atoms with Crippen LogP contribution in [0.1, 0.15) is 176 Å². The molecule has 32 heteroatoms. The molecule has 0 heterocycles. The van der Waals surface area contributed by atoms with Crippen LogP contribution < -0.4 is 60.9 Å². The summed E-state index contributed by atoms with van der Waals surface area (Å²) in [5.41, 5.74) is 14.3. The fourth-order valence-electron chi connectivity index (χ4n) is 14.5. The number of aryl methyl sites for hydroxylation is 2. The molecule has 0 amide bonds. The first kappa shape index (κ1) is 102. The van der Waals surface area contributed by atoms with E-state index in [9.17, 15) is 69.6 Å². The Morgan fingerprint density at radius 3 is 0.933 bits per heavy atom. The zero-order chi connectivity index (χ0) is 87.4. The van der Waals surface area contributed by atoms with Crippen molar-refractivity contribution in [2.45, 2.75) is 170 Å². The first-order valence-electron chi connectivity index (χ1n) is 39.4. The number of nitrogens with one attached hydrogen (secondary N) is 2. The maximum atomic E-state index is 12.0. The molecule has 0 saturated heterocycles. The van der Waals surface area contributed by atoms with E-state index in [2.05, 4.69) is 270 Å². The van der Waals surface area contributed by atoms with Crippen molar-refractivity contribution >= 4 is 108 Å². The number of hydrogen-bond acceptors (Lipinski definition) is 16. The van der Waals surface area contributed by atoms with Gasteiger partial charge in [-0.2, -0.15) is 26.3 Å². The number of carbonyl (C=O) groups excluding carboxylic acids is 2. The average molecular weight is 1760 g/mol. The molecule has 4 aliphatic carbocycles. The van der Waals surface area contributed by atoms with Gasteiger partial charge in [-0.15, -0.1) is 0 Å². The number of alkyl halides is 6. The number of anilines is 4. The molecule has 2 saturated carbocycles. The van der Waals surface area contributed by atoms with Gasteiger partial charge in [0, 0.05) is 137 Å². The normalized spacial score (nSPS) is 18.0. The molecule has 2 N–H and O–H groups in total. The van der Waals surface area contributed by atoms with E-state index in [1.54, 1.807) is 22.1 Å². The van der Waals surface area contributed by atoms with Crippen molar-refractivity contribution in [2.75, 3.05) is 84.5 Å². The summed E-state index contributed by atoms with van der Waals surface area (Å²) in [6.45, 7) is 40.9. The minimum atomic E-state index is -5.92. The molecular weight excluding hydrogens is 1650 g/mol. The van der Waals surface area contributed by atoms with Crippen molar-refractivity contribution < 1.29 is 120 Å². The van der Waals surface area contributed by atoms with Gasteiger partial charge < -0.3 is 49.7 Å². The summed E-state index contributed by atoms with van der Waals surface area (Å²) >= 11 is 0. The summed E-state index contributed by atoms with van der Waals surface area (Å²) in [6.07, 6.45) is 16.8. The minimum Gasteiger partial charge on any atom is -1.00 e. The minimum absolute atomic E-state index is 0. The van der Waals surface area contributed by atoms with Gasteiger partial charge in [0.1, 0.15) is 12.2 Å². The van der Waals surface area contributed by atoms with E-state index in [4.69, 9.17) is 9.47 Å². The fraction of sp³-hybridized carbons (Fsp3) is 0.409. The molecule has 0 bridgehead atoms. The largest absolute Gasteiger partial charge is 1.00 e. The third-order valence-electron chi connectivity index (χ3n) is 20.5. The van der Waals surface area contributed by atoms with Crippen molar-refractivity contribution in [3.63, 3.8) is 0 Å². The van der Waals surface area contributed by atoms with Gasteiger partial charge >= 0.3 is 41.8 Å². The van der Waals surface area contributed by atoms with Crippen LogP contribution in [0, 0.1) is 13.8 Å². The number of esters is 2. The molecule has 120 heavy (non-hydrogen) atoms. The summed E-state index contributed by atoms with van der Waals surface area (Å²) in [7, 11) is -20.9. The Bertz CT molecular complexity index is 4920. The Labute approximate surface area is 724 Å². The SMILES string of the molecule is C=C(C)C(=O)OC1CCC([NH+]=C2C=CC(=C(c3ccc(N(CC)CC)cc3)c3ccc(N(CC)CC)cc3C)c3ccccc32)CC1.C=C(C)C(=O)OC1CCC([NH+]=C2C=CC(=C(c3ccc(N(CC)CC)cc3)c3ccc(N(CC)CC)cc3C)c3ccccc32)CC1.CS(=O)(=O)[N-]S(=O)(=O)C(F)(F)F.CS(=O)(=O)[N-]S(=O)(=O)C(F)(F)F.[Cl-].[Li+]. The van der Waals surface area contributed by atoms with Gasteiger partial charge in [0.2, 0.25) is 11.4 Å². The number of sulfonamides is 4. The molecule has 2 fully saturated rings. The molecule has 0 aromatic heterocycles. The molecule has 6 aromatic rings. The number of halogens is 7. The first-order valence-corrected chi connectivity index (χ1v) is 46.0. The first-order chi connectivity index (χ1) is 55.5. The number of hydrogen-bond donors (Lipinski definition) is 2. The predicted octanol–water partition coefficient (Wildman–Crippen LogP) is 9.38. The van der Waals surface area contributed by atoms with Crippen LogP contribution >= 0.6 is 0 Å². The van der Waals surface area contributed by atoms with Gasteiger partial charge in [0.25, 0.3) is 0 Å². The molecule has 0 radical (unpaired) electrons. The molecule has 0 unspecified atom stereocenters. The number of ether oxygens (including phenoxy) is 2. The molecule has 20 nitrogen and oxygen atoms in total. The Balaban J connectivity index is 0.000000331. The third kappa shape index (κ3) is 27.7. The average Bonchev–Trinajstić information content (AvgIpc) is 0.762. The van der Waals surface area contributed by atoms with Crippen LogP contribution in [-0.2, 0) is 59.2 Å². The van der Waals surface area contributed by atoms with Gasteiger partial charge in [0.05, 0.1) is 31.2 Å². The zero-order valence-corrected chi connectivity index (χ0v) is 74.9. The second-order valence-electron chi connectivity index (χ2n) is 29.0.